The summed E-state index contributed by atoms with van der Waals surface area (Å²) < 4.78 is 9.11. The number of furan rings is 1. The van der Waals surface area contributed by atoms with Crippen molar-refractivity contribution < 1.29 is 9.73 Å². The Kier molecular flexibility index (Phi) is 5.69. The zero-order chi connectivity index (χ0) is 31.1. The minimum absolute atomic E-state index is 0.290. The van der Waals surface area contributed by atoms with Gasteiger partial charge in [-0.3, -0.25) is 9.88 Å². The molecule has 8 aromatic rings. The third kappa shape index (κ3) is 4.07. The quantitative estimate of drug-likeness (QED) is 0.214. The third-order valence-electron chi connectivity index (χ3n) is 9.97. The molecule has 2 aromatic heterocycles. The van der Waals surface area contributed by atoms with Gasteiger partial charge in [-0.25, -0.2) is 0 Å². The van der Waals surface area contributed by atoms with Crippen molar-refractivity contribution in [1.29, 1.82) is 0 Å². The number of fused-ring (bicyclic) bond motifs is 9. The number of nitrogens with two attached hydrogens (primary N) is 1. The molecule has 224 valence electrons. The van der Waals surface area contributed by atoms with Crippen molar-refractivity contribution in [2.75, 3.05) is 0 Å². The highest BCUT2D eigenvalue weighted by molar-refractivity contribution is 6.11. The lowest BCUT2D eigenvalue weighted by molar-refractivity contribution is -0.604. The summed E-state index contributed by atoms with van der Waals surface area (Å²) in [5, 5.41) is 9.44. The molecule has 3 heterocycles. The van der Waals surface area contributed by atoms with Gasteiger partial charge in [0, 0.05) is 33.2 Å². The van der Waals surface area contributed by atoms with Gasteiger partial charge < -0.3 is 4.42 Å². The summed E-state index contributed by atoms with van der Waals surface area (Å²) in [5.74, 6) is 2.96. The molecule has 10 rings (SSSR count). The van der Waals surface area contributed by atoms with Crippen LogP contribution in [-0.4, -0.2) is 16.2 Å². The first-order chi connectivity index (χ1) is 23.2. The van der Waals surface area contributed by atoms with Gasteiger partial charge in [0.05, 0.1) is 11.1 Å². The summed E-state index contributed by atoms with van der Waals surface area (Å²) in [5.41, 5.74) is 7.95. The average molecular weight is 608 g/mol. The van der Waals surface area contributed by atoms with Crippen LogP contribution >= 0.6 is 0 Å². The van der Waals surface area contributed by atoms with Crippen molar-refractivity contribution in [1.82, 2.24) is 4.57 Å². The van der Waals surface area contributed by atoms with Crippen molar-refractivity contribution in [3.8, 4) is 11.3 Å². The Labute approximate surface area is 271 Å². The number of hydrogen-bond donors (Lipinski definition) is 1. The highest BCUT2D eigenvalue weighted by Gasteiger charge is 2.36. The topological polar surface area (TPSA) is 59.4 Å². The van der Waals surface area contributed by atoms with Gasteiger partial charge in [0.15, 0.2) is 5.84 Å². The van der Waals surface area contributed by atoms with Crippen LogP contribution in [0, 0.1) is 0 Å². The number of nitrogens with zero attached hydrogens (tertiary/aromatic N) is 3. The van der Waals surface area contributed by atoms with Crippen molar-refractivity contribution in [3.63, 3.8) is 0 Å². The molecule has 0 amide bonds. The molecular weight excluding hydrogens is 576 g/mol. The minimum atomic E-state index is -0.290. The second-order valence-corrected chi connectivity index (χ2v) is 12.8. The van der Waals surface area contributed by atoms with E-state index in [0.29, 0.717) is 5.92 Å². The van der Waals surface area contributed by atoms with E-state index in [2.05, 4.69) is 150 Å². The molecule has 0 saturated carbocycles. The monoisotopic (exact) mass is 607 g/mol. The van der Waals surface area contributed by atoms with Gasteiger partial charge >= 0.3 is 0 Å². The van der Waals surface area contributed by atoms with Crippen LogP contribution in [0.1, 0.15) is 41.5 Å². The predicted octanol–water partition coefficient (Wildman–Crippen LogP) is 8.95. The van der Waals surface area contributed by atoms with Gasteiger partial charge in [0.25, 0.3) is 6.29 Å². The van der Waals surface area contributed by atoms with Gasteiger partial charge in [0.1, 0.15) is 11.3 Å². The van der Waals surface area contributed by atoms with E-state index in [1.165, 1.54) is 49.1 Å². The lowest BCUT2D eigenvalue weighted by Gasteiger charge is -2.25. The molecule has 0 saturated heterocycles. The standard InChI is InChI=1S/C42H30N4O/c1-25-22-35-38(39-37(25)33-15-7-9-17-36(33)47-39)32-14-6-8-16-34(32)46(35)42-44-40(30-20-18-26-10-2-4-12-28(26)23-30)43-41(45-42)31-21-19-27-11-3-5-13-29(27)24-31/h2-21,23-25,42H,22H2,1H3,(H,43,44,45)/p+1. The highest BCUT2D eigenvalue weighted by Crippen LogP contribution is 2.49. The van der Waals surface area contributed by atoms with E-state index in [-0.39, 0.29) is 6.29 Å². The van der Waals surface area contributed by atoms with E-state index in [4.69, 9.17) is 14.4 Å². The molecule has 1 aliphatic carbocycles. The molecule has 2 unspecified atom stereocenters. The molecule has 0 radical (unpaired) electrons. The lowest BCUT2D eigenvalue weighted by atomic mass is 9.85. The summed E-state index contributed by atoms with van der Waals surface area (Å²) in [6, 6.07) is 47.3. The first-order valence-electron chi connectivity index (χ1n) is 16.3. The van der Waals surface area contributed by atoms with Crippen molar-refractivity contribution in [3.05, 3.63) is 156 Å². The molecule has 0 spiro atoms. The summed E-state index contributed by atoms with van der Waals surface area (Å²) in [4.78, 5) is 10.7. The van der Waals surface area contributed by atoms with Gasteiger partial charge in [-0.2, -0.15) is 9.98 Å². The van der Waals surface area contributed by atoms with Gasteiger partial charge in [-0.15, -0.1) is 0 Å². The first kappa shape index (κ1) is 26.4. The predicted molar refractivity (Wildman–Crippen MR) is 191 cm³/mol. The Morgan fingerprint density at radius 3 is 2.11 bits per heavy atom. The maximum Gasteiger partial charge on any atom is 0.272 e. The van der Waals surface area contributed by atoms with Crippen LogP contribution in [0.4, 0.5) is 0 Å². The minimum Gasteiger partial charge on any atom is -0.456 e. The zero-order valence-electron chi connectivity index (χ0n) is 25.9. The molecule has 0 fully saturated rings. The van der Waals surface area contributed by atoms with E-state index in [0.717, 1.165) is 46.1 Å². The largest absolute Gasteiger partial charge is 0.456 e. The van der Waals surface area contributed by atoms with Crippen LogP contribution < -0.4 is 5.32 Å². The fourth-order valence-electron chi connectivity index (χ4n) is 7.80. The van der Waals surface area contributed by atoms with Crippen molar-refractivity contribution in [2.45, 2.75) is 25.6 Å². The number of aromatic nitrogens is 1. The number of rotatable bonds is 3. The number of hydrogen-bond acceptors (Lipinski definition) is 3. The number of quaternary nitrogens is 1. The molecule has 1 aliphatic heterocycles. The van der Waals surface area contributed by atoms with Crippen LogP contribution in [-0.2, 0) is 6.42 Å². The van der Waals surface area contributed by atoms with Crippen molar-refractivity contribution >= 4 is 55.1 Å². The molecule has 2 aliphatic rings. The summed E-state index contributed by atoms with van der Waals surface area (Å²) in [7, 11) is 0. The number of para-hydroxylation sites is 2. The fourth-order valence-corrected chi connectivity index (χ4v) is 7.80. The van der Waals surface area contributed by atoms with Crippen LogP contribution in [0.25, 0.3) is 54.7 Å². The molecular formula is C42H31N4O+. The fraction of sp³-hybridized carbons (Fsp3) is 0.0952. The maximum absolute atomic E-state index is 6.68. The average Bonchev–Trinajstić information content (AvgIpc) is 3.67. The molecule has 2 atom stereocenters. The zero-order valence-corrected chi connectivity index (χ0v) is 25.9. The van der Waals surface area contributed by atoms with Crippen LogP contribution in [0.2, 0.25) is 0 Å². The van der Waals surface area contributed by atoms with Crippen LogP contribution in [0.5, 0.6) is 0 Å². The van der Waals surface area contributed by atoms with E-state index in [1.54, 1.807) is 0 Å². The smallest absolute Gasteiger partial charge is 0.272 e. The number of benzene rings is 6. The number of aliphatic imine (C=N–C) groups is 2. The second-order valence-electron chi connectivity index (χ2n) is 12.8. The molecule has 47 heavy (non-hydrogen) atoms. The van der Waals surface area contributed by atoms with E-state index < -0.39 is 0 Å². The molecule has 6 aromatic carbocycles. The SMILES string of the molecule is CC1Cc2c(c3ccccc3n2C2N=C(c3ccc4ccccc4c3)N=C(c3ccc4ccccc4c3)[NH2+]2)-c2oc3ccccc3c21. The Morgan fingerprint density at radius 2 is 1.32 bits per heavy atom. The third-order valence-corrected chi connectivity index (χ3v) is 9.97. The highest BCUT2D eigenvalue weighted by atomic mass is 16.3. The summed E-state index contributed by atoms with van der Waals surface area (Å²) in [6.07, 6.45) is 0.607. The summed E-state index contributed by atoms with van der Waals surface area (Å²) in [6.45, 7) is 2.32. The molecule has 5 heteroatoms. The maximum atomic E-state index is 6.68. The van der Waals surface area contributed by atoms with Crippen molar-refractivity contribution in [2.24, 2.45) is 9.98 Å². The van der Waals surface area contributed by atoms with E-state index in [1.807, 2.05) is 0 Å². The van der Waals surface area contributed by atoms with E-state index in [9.17, 15) is 0 Å². The second kappa shape index (κ2) is 10.1. The normalized spacial score (nSPS) is 17.6. The van der Waals surface area contributed by atoms with Gasteiger partial charge in [0.2, 0.25) is 5.84 Å². The van der Waals surface area contributed by atoms with Crippen LogP contribution in [0.15, 0.2) is 148 Å². The lowest BCUT2D eigenvalue weighted by Crippen LogP contribution is -2.91. The summed E-state index contributed by atoms with van der Waals surface area (Å²) >= 11 is 0. The van der Waals surface area contributed by atoms with E-state index >= 15 is 0 Å². The van der Waals surface area contributed by atoms with Crippen LogP contribution in [0.3, 0.4) is 0 Å². The molecule has 2 N–H and O–H groups in total. The Hall–Kier alpha value is -5.78. The molecule has 0 bridgehead atoms. The Balaban J connectivity index is 1.20. The van der Waals surface area contributed by atoms with Gasteiger partial charge in [-0.1, -0.05) is 110 Å². The number of amidine groups is 2. The molecule has 5 nitrogen and oxygen atoms in total. The Morgan fingerprint density at radius 1 is 0.681 bits per heavy atom. The van der Waals surface area contributed by atoms with Gasteiger partial charge in [-0.05, 0) is 64.2 Å². The Bertz CT molecular complexity index is 2620. The first-order valence-corrected chi connectivity index (χ1v) is 16.3.